The number of hydrogen-bond acceptors (Lipinski definition) is 9. The molecule has 0 spiro atoms. The number of benzene rings is 4. The lowest BCUT2D eigenvalue weighted by molar-refractivity contribution is -0.138. The van der Waals surface area contributed by atoms with Crippen LogP contribution in [0.3, 0.4) is 0 Å². The first kappa shape index (κ1) is 51.5. The van der Waals surface area contributed by atoms with E-state index in [0.717, 1.165) is 77.8 Å². The maximum atomic E-state index is 13.8. The average molecular weight is 909 g/mol. The smallest absolute Gasteiger partial charge is 0.398 e. The van der Waals surface area contributed by atoms with Crippen molar-refractivity contribution in [3.8, 4) is 0 Å². The second kappa shape index (κ2) is 26.0. The Balaban J connectivity index is 0.000000163. The number of rotatable bonds is 8. The molecule has 0 amide bonds. The molecule has 0 atom stereocenters. The van der Waals surface area contributed by atoms with E-state index in [9.17, 15) is 22.0 Å². The van der Waals surface area contributed by atoms with Gasteiger partial charge in [-0.3, -0.25) is 19.6 Å². The van der Waals surface area contributed by atoms with Crippen LogP contribution in [0, 0.1) is 45.9 Å². The molecule has 2 N–H and O–H groups in total. The fourth-order valence-electron chi connectivity index (χ4n) is 7.63. The van der Waals surface area contributed by atoms with Crippen molar-refractivity contribution in [3.63, 3.8) is 0 Å². The number of anilines is 1. The summed E-state index contributed by atoms with van der Waals surface area (Å²) in [5, 5.41) is 0. The molecule has 354 valence electrons. The van der Waals surface area contributed by atoms with Gasteiger partial charge < -0.3 is 24.7 Å². The molecule has 4 fully saturated rings. The molecule has 65 heavy (non-hydrogen) atoms. The van der Waals surface area contributed by atoms with Crippen molar-refractivity contribution in [2.45, 2.75) is 60.1 Å². The van der Waals surface area contributed by atoms with Gasteiger partial charge in [0.05, 0.1) is 65.0 Å². The number of nitrogens with zero attached hydrogens (tertiary/aromatic N) is 5. The van der Waals surface area contributed by atoms with Crippen LogP contribution in [0.5, 0.6) is 0 Å². The van der Waals surface area contributed by atoms with E-state index in [4.69, 9.17) is 31.3 Å². The Bertz CT molecular complexity index is 2110. The maximum Gasteiger partial charge on any atom is 0.416 e. The quantitative estimate of drug-likeness (QED) is 0.106. The van der Waals surface area contributed by atoms with Crippen LogP contribution in [0.15, 0.2) is 66.7 Å². The molecular weight excluding hydrogens is 844 g/mol. The van der Waals surface area contributed by atoms with Gasteiger partial charge in [0.25, 0.3) is 0 Å². The highest BCUT2D eigenvalue weighted by molar-refractivity contribution is 5.54. The topological polar surface area (TPSA) is 80.3 Å². The van der Waals surface area contributed by atoms with Crippen LogP contribution in [-0.4, -0.2) is 125 Å². The lowest BCUT2D eigenvalue weighted by atomic mass is 10.0. The van der Waals surface area contributed by atoms with E-state index in [-0.39, 0.29) is 11.6 Å². The van der Waals surface area contributed by atoms with Gasteiger partial charge in [-0.05, 0) is 91.4 Å². The average Bonchev–Trinajstić information content (AvgIpc) is 3.30. The fraction of sp³-hybridized carbons (Fsp3) is 0.500. The third-order valence-corrected chi connectivity index (χ3v) is 11.6. The van der Waals surface area contributed by atoms with Gasteiger partial charge in [0.15, 0.2) is 5.69 Å². The first-order valence-electron chi connectivity index (χ1n) is 22.3. The van der Waals surface area contributed by atoms with Crippen molar-refractivity contribution in [3.05, 3.63) is 140 Å². The second-order valence-electron chi connectivity index (χ2n) is 16.8. The summed E-state index contributed by atoms with van der Waals surface area (Å²) >= 11 is 0. The Morgan fingerprint density at radius 2 is 0.969 bits per heavy atom. The Morgan fingerprint density at radius 3 is 1.45 bits per heavy atom. The Labute approximate surface area is 381 Å². The summed E-state index contributed by atoms with van der Waals surface area (Å²) < 4.78 is 87.0. The van der Waals surface area contributed by atoms with Crippen LogP contribution in [0.2, 0.25) is 0 Å². The number of nitrogens with two attached hydrogens (primary N) is 1. The molecule has 4 heterocycles. The Kier molecular flexibility index (Phi) is 20.6. The largest absolute Gasteiger partial charge is 0.416 e. The van der Waals surface area contributed by atoms with Crippen LogP contribution in [0.25, 0.3) is 4.85 Å². The minimum atomic E-state index is -4.28. The van der Waals surface area contributed by atoms with E-state index in [1.807, 2.05) is 4.90 Å². The minimum absolute atomic E-state index is 0.183. The molecule has 4 aliphatic rings. The van der Waals surface area contributed by atoms with Crippen LogP contribution >= 0.6 is 0 Å². The zero-order chi connectivity index (χ0) is 46.8. The lowest BCUT2D eigenvalue weighted by Gasteiger charge is -2.27. The van der Waals surface area contributed by atoms with Crippen molar-refractivity contribution in [2.24, 2.45) is 0 Å². The zero-order valence-corrected chi connectivity index (χ0v) is 38.3. The summed E-state index contributed by atoms with van der Waals surface area (Å²) in [5.74, 6) is -0.404. The predicted molar refractivity (Wildman–Crippen MR) is 245 cm³/mol. The third kappa shape index (κ3) is 17.3. The van der Waals surface area contributed by atoms with Gasteiger partial charge in [-0.25, -0.2) is 13.6 Å². The van der Waals surface area contributed by atoms with Crippen molar-refractivity contribution in [1.29, 1.82) is 0 Å². The molecular formula is C50H65F5N6O4. The molecule has 4 saturated heterocycles. The predicted octanol–water partition coefficient (Wildman–Crippen LogP) is 8.74. The molecule has 8 rings (SSSR count). The van der Waals surface area contributed by atoms with E-state index < -0.39 is 11.7 Å². The molecule has 15 heteroatoms. The standard InChI is InChI=1S/C13H16F3NO.C13H15FN2O.C12H17FN2O.C12H17NO/c1-10-2-3-11(12(8-10)13(14,15)16)9-17-4-6-18-7-5-17;1-10-7-12(14)11(8-13(10)15-2)9-16-3-5-17-6-4-16;1-9-6-12(14)10(7-11(9)13)8-15-2-4-16-5-3-15;1-11-2-4-12(5-3-11)10-13-6-8-14-9-7-13/h2-3,8H,4-7,9H2,1H3;7-8H,3-6,9H2,1H3;6-7H,2-5,8,14H2,1H3;2-5H,6-10H2,1H3. The van der Waals surface area contributed by atoms with Crippen molar-refractivity contribution < 1.29 is 40.9 Å². The van der Waals surface area contributed by atoms with Crippen LogP contribution in [0.1, 0.15) is 50.1 Å². The van der Waals surface area contributed by atoms with Gasteiger partial charge in [0, 0.05) is 84.2 Å². The molecule has 4 aromatic carbocycles. The highest BCUT2D eigenvalue weighted by atomic mass is 19.4. The summed E-state index contributed by atoms with van der Waals surface area (Å²) in [6.45, 7) is 29.7. The first-order valence-corrected chi connectivity index (χ1v) is 22.3. The highest BCUT2D eigenvalue weighted by Crippen LogP contribution is 2.33. The lowest BCUT2D eigenvalue weighted by Crippen LogP contribution is -2.36. The number of aryl methyl sites for hydroxylation is 4. The second-order valence-corrected chi connectivity index (χ2v) is 16.8. The van der Waals surface area contributed by atoms with Gasteiger partial charge in [0.2, 0.25) is 0 Å². The van der Waals surface area contributed by atoms with Crippen molar-refractivity contribution in [2.75, 3.05) is 111 Å². The Hall–Kier alpha value is -4.50. The number of alkyl halides is 3. The number of nitrogen functional groups attached to an aromatic ring is 1. The third-order valence-electron chi connectivity index (χ3n) is 11.6. The SMILES string of the molecule is Cc1cc(N)c(CN2CCOCC2)cc1F.Cc1ccc(CN2CCOCC2)c(C(F)(F)F)c1.Cc1ccc(CN2CCOCC2)cc1.[C-]#[N+]c1cc(CN2CCOCC2)c(F)cc1C. The summed E-state index contributed by atoms with van der Waals surface area (Å²) in [6, 6.07) is 19.6. The van der Waals surface area contributed by atoms with Crippen molar-refractivity contribution >= 4 is 11.4 Å². The van der Waals surface area contributed by atoms with E-state index in [1.165, 1.54) is 23.3 Å². The number of ether oxygens (including phenoxy) is 4. The van der Waals surface area contributed by atoms with Gasteiger partial charge in [-0.1, -0.05) is 47.5 Å². The van der Waals surface area contributed by atoms with Gasteiger partial charge in [-0.15, -0.1) is 0 Å². The van der Waals surface area contributed by atoms with Crippen molar-refractivity contribution in [1.82, 2.24) is 19.6 Å². The number of halogens is 5. The Morgan fingerprint density at radius 1 is 0.523 bits per heavy atom. The summed E-state index contributed by atoms with van der Waals surface area (Å²) in [6.07, 6.45) is -4.28. The normalized spacial score (nSPS) is 17.7. The molecule has 0 aromatic heterocycles. The molecule has 0 unspecified atom stereocenters. The molecule has 0 radical (unpaired) electrons. The van der Waals surface area contributed by atoms with Gasteiger partial charge in [-0.2, -0.15) is 13.2 Å². The van der Waals surface area contributed by atoms with E-state index in [2.05, 4.69) is 50.7 Å². The first-order chi connectivity index (χ1) is 31.2. The molecule has 4 aromatic rings. The highest BCUT2D eigenvalue weighted by Gasteiger charge is 2.33. The van der Waals surface area contributed by atoms with E-state index in [0.29, 0.717) is 98.3 Å². The molecule has 4 aliphatic heterocycles. The zero-order valence-electron chi connectivity index (χ0n) is 38.3. The summed E-state index contributed by atoms with van der Waals surface area (Å²) in [5.41, 5.74) is 13.0. The van der Waals surface area contributed by atoms with Gasteiger partial charge >= 0.3 is 6.18 Å². The molecule has 0 aliphatic carbocycles. The van der Waals surface area contributed by atoms with Crippen LogP contribution in [-0.2, 0) is 51.3 Å². The van der Waals surface area contributed by atoms with Gasteiger partial charge in [0.1, 0.15) is 11.6 Å². The van der Waals surface area contributed by atoms with Crippen LogP contribution < -0.4 is 5.73 Å². The fourth-order valence-corrected chi connectivity index (χ4v) is 7.63. The number of hydrogen-bond donors (Lipinski definition) is 1. The molecule has 0 bridgehead atoms. The monoisotopic (exact) mass is 908 g/mol. The molecule has 0 saturated carbocycles. The number of morpholine rings is 4. The van der Waals surface area contributed by atoms with Crippen LogP contribution in [0.4, 0.5) is 33.3 Å². The summed E-state index contributed by atoms with van der Waals surface area (Å²) in [4.78, 5) is 12.2. The van der Waals surface area contributed by atoms with E-state index in [1.54, 1.807) is 51.1 Å². The molecule has 10 nitrogen and oxygen atoms in total. The maximum absolute atomic E-state index is 13.8. The minimum Gasteiger partial charge on any atom is -0.398 e. The summed E-state index contributed by atoms with van der Waals surface area (Å²) in [7, 11) is 0. The van der Waals surface area contributed by atoms with E-state index >= 15 is 0 Å².